The van der Waals surface area contributed by atoms with E-state index >= 15 is 0 Å². The number of fused-ring (bicyclic) bond motifs is 1. The Morgan fingerprint density at radius 3 is 2.12 bits per heavy atom. The fourth-order valence-electron chi connectivity index (χ4n) is 12.9. The zero-order chi connectivity index (χ0) is 55.1. The first-order chi connectivity index (χ1) is 35.1. The summed E-state index contributed by atoms with van der Waals surface area (Å²) >= 11 is 3.40. The van der Waals surface area contributed by atoms with Crippen molar-refractivity contribution in [2.24, 2.45) is 11.8 Å². The molecule has 8 saturated heterocycles. The van der Waals surface area contributed by atoms with Crippen molar-refractivity contribution < 1.29 is 61.1 Å². The molecule has 13 nitrogen and oxygen atoms in total. The SMILES string of the molecule is C=C(Br)C[C@@H](O)CC[C@@]12C[C@@H]3O[C@@H]4[C@@H](O1)[C@H]1O[C@H](CC(=O)C[C@@H]5[C@@H](OC)[C@@H](C[C@@H](CO[Si](C)(C)C(C)(C)C)O[Si](C)(C)C(C)(C)C)O[C@H]5C[C@H]5O[C@@H](CCCO[Si](CC)(CC)CC)C[C@@H](C)C5=C)CC[C@@H]1O[C@@H]4[C@H]3O2. The lowest BCUT2D eigenvalue weighted by atomic mass is 9.81. The molecular weight excluding hydrogens is 1070 g/mol. The Labute approximate surface area is 465 Å². The van der Waals surface area contributed by atoms with Crippen LogP contribution < -0.4 is 0 Å². The summed E-state index contributed by atoms with van der Waals surface area (Å²) in [4.78, 5) is 14.8. The molecule has 0 aromatic carbocycles. The Hall–Kier alpha value is -0.199. The first-order valence-corrected chi connectivity index (χ1v) is 38.5. The molecule has 0 aromatic heterocycles. The van der Waals surface area contributed by atoms with Gasteiger partial charge in [-0.2, -0.15) is 0 Å². The highest BCUT2D eigenvalue weighted by Gasteiger charge is 2.69. The number of ketones is 1. The van der Waals surface area contributed by atoms with Gasteiger partial charge in [-0.1, -0.05) is 98.3 Å². The molecule has 75 heavy (non-hydrogen) atoms. The number of aliphatic hydroxyl groups is 1. The van der Waals surface area contributed by atoms with Crippen molar-refractivity contribution in [1.29, 1.82) is 0 Å². The number of Topliss-reactive ketones (excluding diaryl/α,β-unsaturated/α-hetero) is 1. The molecular formula is C58H103BrO13Si3. The molecule has 432 valence electrons. The van der Waals surface area contributed by atoms with Gasteiger partial charge in [0.05, 0.1) is 67.6 Å². The molecule has 0 saturated carbocycles. The number of aliphatic hydroxyl groups excluding tert-OH is 1. The van der Waals surface area contributed by atoms with E-state index in [1.807, 2.05) is 0 Å². The maximum atomic E-state index is 14.8. The van der Waals surface area contributed by atoms with Crippen LogP contribution >= 0.6 is 15.9 Å². The molecule has 0 spiro atoms. The lowest BCUT2D eigenvalue weighted by Crippen LogP contribution is -2.61. The number of methoxy groups -OCH3 is 1. The maximum absolute atomic E-state index is 14.8. The van der Waals surface area contributed by atoms with Crippen LogP contribution in [0.15, 0.2) is 23.2 Å². The van der Waals surface area contributed by atoms with Gasteiger partial charge in [-0.15, -0.1) is 0 Å². The van der Waals surface area contributed by atoms with E-state index < -0.39 is 49.1 Å². The topological polar surface area (TPSA) is 139 Å². The first-order valence-electron chi connectivity index (χ1n) is 29.4. The van der Waals surface area contributed by atoms with Gasteiger partial charge in [0.25, 0.3) is 0 Å². The van der Waals surface area contributed by atoms with Crippen LogP contribution in [-0.4, -0.2) is 154 Å². The summed E-state index contributed by atoms with van der Waals surface area (Å²) in [5, 5.41) is 10.8. The van der Waals surface area contributed by atoms with E-state index in [0.29, 0.717) is 57.5 Å². The van der Waals surface area contributed by atoms with Gasteiger partial charge in [0.15, 0.2) is 30.7 Å². The molecule has 0 amide bonds. The minimum atomic E-state index is -2.25. The number of halogens is 1. The highest BCUT2D eigenvalue weighted by molar-refractivity contribution is 9.11. The zero-order valence-electron chi connectivity index (χ0n) is 49.2. The normalized spacial score (nSPS) is 36.9. The Balaban J connectivity index is 1.08. The van der Waals surface area contributed by atoms with Gasteiger partial charge < -0.3 is 56.3 Å². The standard InChI is InChI=1S/C58H103BrO13Si3/c1-18-75(19-2,20-3)63-27-21-22-41-28-36(4)38(6)46(65-41)33-47-44(50(62-13)48(67-47)32-43(72-74(16,17)57(10,11)12)35-64-73(14,15)56(7,8)9)31-40(61)30-42-23-24-45-51(66-42)55-54-53(68-45)52-49(69-54)34-58(70-52,71-55)26-25-39(60)29-37(5)59/h36,39,41-55,60H,5-6,18-35H2,1-4,7-17H3/t36-,39+,41+,42+,43+,44+,45+,46-,47+,48-,49+,50-,51+,52+,53-,54+,55+,58+/m1/s1. The molecule has 1 N–H and O–H groups in total. The third kappa shape index (κ3) is 14.5. The van der Waals surface area contributed by atoms with E-state index in [4.69, 9.17) is 51.2 Å². The molecule has 8 heterocycles. The lowest BCUT2D eigenvalue weighted by Gasteiger charge is -2.47. The average Bonchev–Trinajstić information content (AvgIpc) is 3.89. The predicted octanol–water partition coefficient (Wildman–Crippen LogP) is 12.5. The fraction of sp³-hybridized carbons (Fsp3) is 0.914. The number of carbonyl (C=O) groups excluding carboxylic acids is 1. The van der Waals surface area contributed by atoms with Gasteiger partial charge in [0.1, 0.15) is 36.3 Å². The van der Waals surface area contributed by atoms with Crippen LogP contribution in [0.2, 0.25) is 54.4 Å². The second kappa shape index (κ2) is 25.1. The molecule has 0 aliphatic carbocycles. The molecule has 8 aliphatic heterocycles. The van der Waals surface area contributed by atoms with Crippen molar-refractivity contribution in [2.75, 3.05) is 20.3 Å². The Bertz CT molecular complexity index is 1910. The second-order valence-electron chi connectivity index (χ2n) is 27.0. The number of ether oxygens (including phenoxy) is 8. The van der Waals surface area contributed by atoms with E-state index in [9.17, 15) is 9.90 Å². The zero-order valence-corrected chi connectivity index (χ0v) is 53.8. The fourth-order valence-corrected chi connectivity index (χ4v) is 18.3. The molecule has 8 aliphatic rings. The molecule has 8 rings (SSSR count). The van der Waals surface area contributed by atoms with E-state index in [0.717, 1.165) is 60.5 Å². The van der Waals surface area contributed by atoms with Gasteiger partial charge >= 0.3 is 0 Å². The van der Waals surface area contributed by atoms with Crippen molar-refractivity contribution in [2.45, 2.75) is 304 Å². The summed E-state index contributed by atoms with van der Waals surface area (Å²) in [5.41, 5.74) is 1.09. The van der Waals surface area contributed by atoms with Crippen LogP contribution in [0.3, 0.4) is 0 Å². The van der Waals surface area contributed by atoms with Gasteiger partial charge in [-0.05, 0) is 109 Å². The average molecular weight is 1170 g/mol. The second-order valence-corrected chi connectivity index (χ2v) is 42.5. The number of carbonyl (C=O) groups is 1. The summed E-state index contributed by atoms with van der Waals surface area (Å²) in [6, 6.07) is 3.45. The van der Waals surface area contributed by atoms with Crippen LogP contribution in [0.5, 0.6) is 0 Å². The van der Waals surface area contributed by atoms with Gasteiger partial charge in [-0.25, -0.2) is 0 Å². The molecule has 6 bridgehead atoms. The van der Waals surface area contributed by atoms with Crippen LogP contribution in [0.1, 0.15) is 153 Å². The quantitative estimate of drug-likeness (QED) is 0.0475. The Kier molecular flexibility index (Phi) is 20.9. The van der Waals surface area contributed by atoms with Crippen LogP contribution in [0, 0.1) is 11.8 Å². The molecule has 8 fully saturated rings. The minimum absolute atomic E-state index is 0.00816. The van der Waals surface area contributed by atoms with Crippen molar-refractivity contribution in [3.63, 3.8) is 0 Å². The van der Waals surface area contributed by atoms with E-state index in [-0.39, 0.29) is 108 Å². The molecule has 0 unspecified atom stereocenters. The summed E-state index contributed by atoms with van der Waals surface area (Å²) in [7, 11) is -4.29. The lowest BCUT2D eigenvalue weighted by molar-refractivity contribution is -0.292. The van der Waals surface area contributed by atoms with Crippen molar-refractivity contribution >= 4 is 46.7 Å². The molecule has 18 atom stereocenters. The van der Waals surface area contributed by atoms with Crippen LogP contribution in [0.4, 0.5) is 0 Å². The highest BCUT2D eigenvalue weighted by Crippen LogP contribution is 2.54. The van der Waals surface area contributed by atoms with Crippen molar-refractivity contribution in [1.82, 2.24) is 0 Å². The van der Waals surface area contributed by atoms with Gasteiger partial charge in [0.2, 0.25) is 0 Å². The third-order valence-corrected chi connectivity index (χ3v) is 33.9. The monoisotopic (exact) mass is 1170 g/mol. The Morgan fingerprint density at radius 1 is 0.827 bits per heavy atom. The molecule has 0 aromatic rings. The number of hydrogen-bond acceptors (Lipinski definition) is 13. The van der Waals surface area contributed by atoms with Gasteiger partial charge in [0, 0.05) is 64.6 Å². The van der Waals surface area contributed by atoms with E-state index in [1.54, 1.807) is 7.11 Å². The molecule has 17 heteroatoms. The largest absolute Gasteiger partial charge is 0.417 e. The first kappa shape index (κ1) is 62.4. The summed E-state index contributed by atoms with van der Waals surface area (Å²) in [6.07, 6.45) is 3.86. The molecule has 0 radical (unpaired) electrons. The summed E-state index contributed by atoms with van der Waals surface area (Å²) < 4.78 is 76.5. The van der Waals surface area contributed by atoms with Crippen LogP contribution in [-0.2, 0) is 56.0 Å². The smallest absolute Gasteiger partial charge is 0.192 e. The van der Waals surface area contributed by atoms with Crippen LogP contribution in [0.25, 0.3) is 0 Å². The van der Waals surface area contributed by atoms with Gasteiger partial charge in [-0.3, -0.25) is 4.79 Å². The maximum Gasteiger partial charge on any atom is 0.192 e. The minimum Gasteiger partial charge on any atom is -0.417 e. The van der Waals surface area contributed by atoms with Crippen molar-refractivity contribution in [3.05, 3.63) is 23.2 Å². The highest BCUT2D eigenvalue weighted by atomic mass is 79.9. The Morgan fingerprint density at radius 2 is 1.48 bits per heavy atom. The number of rotatable bonds is 27. The predicted molar refractivity (Wildman–Crippen MR) is 306 cm³/mol. The summed E-state index contributed by atoms with van der Waals surface area (Å²) in [5.74, 6) is -0.724. The van der Waals surface area contributed by atoms with E-state index in [2.05, 4.69) is 125 Å². The summed E-state index contributed by atoms with van der Waals surface area (Å²) in [6.45, 7) is 41.8. The number of hydrogen-bond donors (Lipinski definition) is 1. The third-order valence-electron chi connectivity index (χ3n) is 19.8. The van der Waals surface area contributed by atoms with E-state index in [1.165, 1.54) is 0 Å². The van der Waals surface area contributed by atoms with Crippen molar-refractivity contribution in [3.8, 4) is 0 Å².